The highest BCUT2D eigenvalue weighted by Crippen LogP contribution is 2.03. The Bertz CT molecular complexity index is 182. The third-order valence-corrected chi connectivity index (χ3v) is 1.78. The summed E-state index contributed by atoms with van der Waals surface area (Å²) in [5, 5.41) is 6.45. The Morgan fingerprint density at radius 1 is 1.33 bits per heavy atom. The van der Waals surface area contributed by atoms with E-state index in [9.17, 15) is 0 Å². The topological polar surface area (TPSA) is 39.8 Å². The number of hydrogen-bond donors (Lipinski definition) is 3. The van der Waals surface area contributed by atoms with Crippen molar-refractivity contribution in [3.63, 3.8) is 0 Å². The highest BCUT2D eigenvalue weighted by atomic mass is 14.9. The molecule has 1 aromatic heterocycles. The molecule has 12 heavy (non-hydrogen) atoms. The molecule has 0 aliphatic rings. The summed E-state index contributed by atoms with van der Waals surface area (Å²) < 4.78 is 0. The SMILES string of the molecule is CNCCCCNc1cc[nH]c1. The van der Waals surface area contributed by atoms with Crippen LogP contribution in [0.1, 0.15) is 12.8 Å². The molecule has 0 spiro atoms. The summed E-state index contributed by atoms with van der Waals surface area (Å²) >= 11 is 0. The molecule has 0 unspecified atom stereocenters. The van der Waals surface area contributed by atoms with Crippen LogP contribution in [-0.2, 0) is 0 Å². The molecule has 3 nitrogen and oxygen atoms in total. The number of unbranched alkanes of at least 4 members (excludes halogenated alkanes) is 1. The van der Waals surface area contributed by atoms with Crippen LogP contribution in [0.15, 0.2) is 18.5 Å². The van der Waals surface area contributed by atoms with Crippen molar-refractivity contribution in [2.75, 3.05) is 25.5 Å². The average molecular weight is 167 g/mol. The van der Waals surface area contributed by atoms with Crippen molar-refractivity contribution in [1.82, 2.24) is 10.3 Å². The Morgan fingerprint density at radius 3 is 2.83 bits per heavy atom. The number of hydrogen-bond acceptors (Lipinski definition) is 2. The molecule has 1 aromatic rings. The van der Waals surface area contributed by atoms with Crippen molar-refractivity contribution >= 4 is 5.69 Å². The van der Waals surface area contributed by atoms with Crippen LogP contribution >= 0.6 is 0 Å². The molecule has 0 amide bonds. The summed E-state index contributed by atoms with van der Waals surface area (Å²) in [4.78, 5) is 3.01. The van der Waals surface area contributed by atoms with Gasteiger partial charge in [0.1, 0.15) is 0 Å². The van der Waals surface area contributed by atoms with Crippen molar-refractivity contribution in [3.8, 4) is 0 Å². The lowest BCUT2D eigenvalue weighted by molar-refractivity contribution is 0.694. The first-order valence-corrected chi connectivity index (χ1v) is 4.45. The van der Waals surface area contributed by atoms with Crippen LogP contribution in [0, 0.1) is 0 Å². The van der Waals surface area contributed by atoms with Gasteiger partial charge in [-0.25, -0.2) is 0 Å². The Balaban J connectivity index is 1.96. The number of aromatic nitrogens is 1. The molecule has 0 aliphatic carbocycles. The average Bonchev–Trinajstić information content (AvgIpc) is 2.57. The molecule has 0 atom stereocenters. The molecule has 3 heteroatoms. The standard InChI is InChI=1S/C9H17N3/c1-10-5-2-3-6-12-9-4-7-11-8-9/h4,7-8,10-12H,2-3,5-6H2,1H3. The minimum Gasteiger partial charge on any atom is -0.384 e. The van der Waals surface area contributed by atoms with Gasteiger partial charge in [0, 0.05) is 18.9 Å². The van der Waals surface area contributed by atoms with Crippen molar-refractivity contribution in [2.45, 2.75) is 12.8 Å². The highest BCUT2D eigenvalue weighted by Gasteiger charge is 1.89. The van der Waals surface area contributed by atoms with Crippen molar-refractivity contribution in [3.05, 3.63) is 18.5 Å². The molecule has 0 saturated carbocycles. The van der Waals surface area contributed by atoms with E-state index < -0.39 is 0 Å². The highest BCUT2D eigenvalue weighted by molar-refractivity contribution is 5.39. The number of anilines is 1. The van der Waals surface area contributed by atoms with Gasteiger partial charge in [-0.1, -0.05) is 0 Å². The third kappa shape index (κ3) is 3.44. The first kappa shape index (κ1) is 9.13. The fourth-order valence-electron chi connectivity index (χ4n) is 1.09. The van der Waals surface area contributed by atoms with Crippen LogP contribution < -0.4 is 10.6 Å². The van der Waals surface area contributed by atoms with E-state index >= 15 is 0 Å². The lowest BCUT2D eigenvalue weighted by atomic mass is 10.3. The van der Waals surface area contributed by atoms with E-state index in [0.29, 0.717) is 0 Å². The molecule has 0 saturated heterocycles. The summed E-state index contributed by atoms with van der Waals surface area (Å²) in [6.45, 7) is 2.16. The first-order valence-electron chi connectivity index (χ1n) is 4.45. The van der Waals surface area contributed by atoms with Gasteiger partial charge in [0.05, 0.1) is 5.69 Å². The van der Waals surface area contributed by atoms with E-state index in [1.807, 2.05) is 25.5 Å². The van der Waals surface area contributed by atoms with Gasteiger partial charge in [0.25, 0.3) is 0 Å². The molecule has 0 radical (unpaired) electrons. The Morgan fingerprint density at radius 2 is 2.17 bits per heavy atom. The third-order valence-electron chi connectivity index (χ3n) is 1.78. The Kier molecular flexibility index (Phi) is 4.31. The second kappa shape index (κ2) is 5.66. The van der Waals surface area contributed by atoms with Gasteiger partial charge in [0.2, 0.25) is 0 Å². The van der Waals surface area contributed by atoms with E-state index in [1.165, 1.54) is 18.5 Å². The summed E-state index contributed by atoms with van der Waals surface area (Å²) in [5.41, 5.74) is 1.18. The summed E-state index contributed by atoms with van der Waals surface area (Å²) in [7, 11) is 1.99. The van der Waals surface area contributed by atoms with Gasteiger partial charge < -0.3 is 15.6 Å². The largest absolute Gasteiger partial charge is 0.384 e. The second-order valence-electron chi connectivity index (χ2n) is 2.84. The van der Waals surface area contributed by atoms with Crippen LogP contribution in [0.5, 0.6) is 0 Å². The number of H-pyrrole nitrogens is 1. The minimum atomic E-state index is 1.06. The number of aromatic amines is 1. The molecule has 0 fully saturated rings. The summed E-state index contributed by atoms with van der Waals surface area (Å²) in [6.07, 6.45) is 6.34. The van der Waals surface area contributed by atoms with Crippen LogP contribution in [0.4, 0.5) is 5.69 Å². The normalized spacial score (nSPS) is 10.1. The molecule has 1 heterocycles. The van der Waals surface area contributed by atoms with Gasteiger partial charge in [-0.2, -0.15) is 0 Å². The van der Waals surface area contributed by atoms with Crippen LogP contribution in [0.25, 0.3) is 0 Å². The maximum absolute atomic E-state index is 3.32. The predicted molar refractivity (Wildman–Crippen MR) is 52.4 cm³/mol. The summed E-state index contributed by atoms with van der Waals surface area (Å²) in [5.74, 6) is 0. The van der Waals surface area contributed by atoms with E-state index in [1.54, 1.807) is 0 Å². The van der Waals surface area contributed by atoms with Gasteiger partial charge in [-0.3, -0.25) is 0 Å². The maximum atomic E-state index is 3.32. The lowest BCUT2D eigenvalue weighted by Gasteiger charge is -2.02. The van der Waals surface area contributed by atoms with Gasteiger partial charge in [-0.05, 0) is 32.5 Å². The van der Waals surface area contributed by atoms with Gasteiger partial charge in [-0.15, -0.1) is 0 Å². The molecule has 68 valence electrons. The quantitative estimate of drug-likeness (QED) is 0.561. The zero-order valence-corrected chi connectivity index (χ0v) is 7.56. The van der Waals surface area contributed by atoms with E-state index in [0.717, 1.165) is 13.1 Å². The van der Waals surface area contributed by atoms with Gasteiger partial charge >= 0.3 is 0 Å². The van der Waals surface area contributed by atoms with E-state index in [4.69, 9.17) is 0 Å². The fourth-order valence-corrected chi connectivity index (χ4v) is 1.09. The molecule has 0 aromatic carbocycles. The van der Waals surface area contributed by atoms with Gasteiger partial charge in [0.15, 0.2) is 0 Å². The van der Waals surface area contributed by atoms with Crippen LogP contribution in [0.3, 0.4) is 0 Å². The van der Waals surface area contributed by atoms with Crippen molar-refractivity contribution in [1.29, 1.82) is 0 Å². The smallest absolute Gasteiger partial charge is 0.0517 e. The molecule has 1 rings (SSSR count). The molecule has 0 bridgehead atoms. The Labute approximate surface area is 73.6 Å². The molecule has 0 aliphatic heterocycles. The van der Waals surface area contributed by atoms with E-state index in [2.05, 4.69) is 15.6 Å². The van der Waals surface area contributed by atoms with E-state index in [-0.39, 0.29) is 0 Å². The lowest BCUT2D eigenvalue weighted by Crippen LogP contribution is -2.09. The van der Waals surface area contributed by atoms with Crippen molar-refractivity contribution < 1.29 is 0 Å². The van der Waals surface area contributed by atoms with Crippen molar-refractivity contribution in [2.24, 2.45) is 0 Å². The predicted octanol–water partition coefficient (Wildman–Crippen LogP) is 1.43. The monoisotopic (exact) mass is 167 g/mol. The maximum Gasteiger partial charge on any atom is 0.0517 e. The zero-order chi connectivity index (χ0) is 8.65. The molecule has 3 N–H and O–H groups in total. The molecular formula is C9H17N3. The zero-order valence-electron chi connectivity index (χ0n) is 7.56. The number of nitrogens with one attached hydrogen (secondary N) is 3. The first-order chi connectivity index (χ1) is 5.93. The number of rotatable bonds is 6. The molecular weight excluding hydrogens is 150 g/mol. The van der Waals surface area contributed by atoms with Crippen LogP contribution in [-0.4, -0.2) is 25.1 Å². The Hall–Kier alpha value is -0.960. The second-order valence-corrected chi connectivity index (χ2v) is 2.84. The minimum absolute atomic E-state index is 1.06. The summed E-state index contributed by atoms with van der Waals surface area (Å²) in [6, 6.07) is 2.04. The van der Waals surface area contributed by atoms with Crippen LogP contribution in [0.2, 0.25) is 0 Å². The fraction of sp³-hybridized carbons (Fsp3) is 0.556.